The predicted molar refractivity (Wildman–Crippen MR) is 107 cm³/mol. The molecule has 2 rings (SSSR count). The Morgan fingerprint density at radius 2 is 1.69 bits per heavy atom. The molecule has 0 saturated carbocycles. The predicted octanol–water partition coefficient (Wildman–Crippen LogP) is 2.16. The van der Waals surface area contributed by atoms with Gasteiger partial charge < -0.3 is 14.8 Å². The maximum atomic E-state index is 12.0. The van der Waals surface area contributed by atoms with Gasteiger partial charge in [-0.15, -0.1) is 0 Å². The fraction of sp³-hybridized carbons (Fsp3) is 0.300. The van der Waals surface area contributed by atoms with Crippen LogP contribution in [0.15, 0.2) is 53.4 Å². The van der Waals surface area contributed by atoms with Crippen LogP contribution in [-0.2, 0) is 19.6 Å². The summed E-state index contributed by atoms with van der Waals surface area (Å²) in [4.78, 5) is 24.1. The summed E-state index contributed by atoms with van der Waals surface area (Å²) in [5.41, 5.74) is 0.994. The van der Waals surface area contributed by atoms with Crippen molar-refractivity contribution >= 4 is 21.9 Å². The lowest BCUT2D eigenvalue weighted by molar-refractivity contribution is -0.124. The van der Waals surface area contributed by atoms with Crippen LogP contribution in [0.5, 0.6) is 5.75 Å². The van der Waals surface area contributed by atoms with Crippen LogP contribution in [0, 0.1) is 0 Å². The van der Waals surface area contributed by atoms with Crippen LogP contribution in [0.2, 0.25) is 0 Å². The van der Waals surface area contributed by atoms with Gasteiger partial charge in [-0.3, -0.25) is 4.79 Å². The number of nitrogens with one attached hydrogen (secondary N) is 1. The topological polar surface area (TPSA) is 125 Å². The lowest BCUT2D eigenvalue weighted by Gasteiger charge is -2.15. The van der Waals surface area contributed by atoms with Gasteiger partial charge in [0.15, 0.2) is 6.61 Å². The molecule has 0 fully saturated rings. The quantitative estimate of drug-likeness (QED) is 0.599. The number of rotatable bonds is 9. The zero-order chi connectivity index (χ0) is 21.4. The summed E-state index contributed by atoms with van der Waals surface area (Å²) >= 11 is 0. The van der Waals surface area contributed by atoms with Crippen molar-refractivity contribution in [1.82, 2.24) is 5.32 Å². The summed E-state index contributed by atoms with van der Waals surface area (Å²) in [6.45, 7) is 3.87. The third kappa shape index (κ3) is 6.88. The molecule has 29 heavy (non-hydrogen) atoms. The molecule has 8 nitrogen and oxygen atoms in total. The number of benzene rings is 2. The van der Waals surface area contributed by atoms with Crippen molar-refractivity contribution in [2.45, 2.75) is 31.2 Å². The summed E-state index contributed by atoms with van der Waals surface area (Å²) in [6.07, 6.45) is 0.883. The van der Waals surface area contributed by atoms with Gasteiger partial charge in [0, 0.05) is 0 Å². The average molecular weight is 420 g/mol. The number of primary sulfonamides is 1. The minimum absolute atomic E-state index is 0.0141. The Bertz CT molecular complexity index is 940. The number of esters is 1. The zero-order valence-corrected chi connectivity index (χ0v) is 17.1. The summed E-state index contributed by atoms with van der Waals surface area (Å²) < 4.78 is 33.0. The van der Waals surface area contributed by atoms with Crippen molar-refractivity contribution in [2.24, 2.45) is 5.14 Å². The first kappa shape index (κ1) is 22.4. The minimum atomic E-state index is -3.77. The van der Waals surface area contributed by atoms with Crippen LogP contribution in [0.25, 0.3) is 0 Å². The molecule has 1 amide bonds. The fourth-order valence-electron chi connectivity index (χ4n) is 2.43. The maximum Gasteiger partial charge on any atom is 0.338 e. The first-order valence-corrected chi connectivity index (χ1v) is 10.6. The van der Waals surface area contributed by atoms with Crippen molar-refractivity contribution in [1.29, 1.82) is 0 Å². The summed E-state index contributed by atoms with van der Waals surface area (Å²) in [5.74, 6) is -0.444. The highest BCUT2D eigenvalue weighted by Gasteiger charge is 2.14. The molecule has 9 heteroatoms. The highest BCUT2D eigenvalue weighted by Crippen LogP contribution is 2.16. The van der Waals surface area contributed by atoms with Crippen LogP contribution >= 0.6 is 0 Å². The number of carbonyl (C=O) groups is 2. The van der Waals surface area contributed by atoms with E-state index in [-0.39, 0.29) is 4.90 Å². The van der Waals surface area contributed by atoms with Gasteiger partial charge in [0.1, 0.15) is 5.75 Å². The van der Waals surface area contributed by atoms with Crippen LogP contribution in [0.4, 0.5) is 0 Å². The normalized spacial score (nSPS) is 12.1. The molecular weight excluding hydrogens is 396 g/mol. The lowest BCUT2D eigenvalue weighted by Crippen LogP contribution is -2.31. The van der Waals surface area contributed by atoms with Crippen molar-refractivity contribution < 1.29 is 27.5 Å². The van der Waals surface area contributed by atoms with Gasteiger partial charge in [-0.05, 0) is 55.3 Å². The van der Waals surface area contributed by atoms with Crippen LogP contribution < -0.4 is 15.2 Å². The van der Waals surface area contributed by atoms with Crippen LogP contribution in [0.1, 0.15) is 42.2 Å². The van der Waals surface area contributed by atoms with E-state index >= 15 is 0 Å². The van der Waals surface area contributed by atoms with Crippen molar-refractivity contribution in [2.75, 3.05) is 13.2 Å². The van der Waals surface area contributed by atoms with E-state index in [1.807, 2.05) is 6.92 Å². The Labute approximate surface area is 170 Å². The smallest absolute Gasteiger partial charge is 0.338 e. The molecule has 2 aromatic carbocycles. The molecule has 0 aromatic heterocycles. The molecule has 1 atom stereocenters. The Hall–Kier alpha value is -2.91. The van der Waals surface area contributed by atoms with Gasteiger partial charge >= 0.3 is 5.97 Å². The zero-order valence-electron chi connectivity index (χ0n) is 16.3. The van der Waals surface area contributed by atoms with E-state index < -0.39 is 34.5 Å². The van der Waals surface area contributed by atoms with Crippen molar-refractivity contribution in [3.05, 3.63) is 59.7 Å². The maximum absolute atomic E-state index is 12.0. The number of sulfonamides is 1. The van der Waals surface area contributed by atoms with Gasteiger partial charge in [-0.2, -0.15) is 0 Å². The SMILES string of the molecule is CCCOc1ccc(C(=O)OCC(=O)N[C@@H](C)c2ccc(S(N)(=O)=O)cc2)cc1. The average Bonchev–Trinajstić information content (AvgIpc) is 2.70. The highest BCUT2D eigenvalue weighted by atomic mass is 32.2. The van der Waals surface area contributed by atoms with E-state index in [1.54, 1.807) is 43.3 Å². The molecule has 2 aromatic rings. The van der Waals surface area contributed by atoms with E-state index in [9.17, 15) is 18.0 Å². The van der Waals surface area contributed by atoms with Gasteiger partial charge in [0.25, 0.3) is 5.91 Å². The van der Waals surface area contributed by atoms with Gasteiger partial charge in [0.2, 0.25) is 10.0 Å². The molecule has 0 radical (unpaired) electrons. The second-order valence-electron chi connectivity index (χ2n) is 6.35. The first-order chi connectivity index (χ1) is 13.7. The number of hydrogen-bond donors (Lipinski definition) is 2. The van der Waals surface area contributed by atoms with Crippen molar-refractivity contribution in [3.8, 4) is 5.75 Å². The largest absolute Gasteiger partial charge is 0.494 e. The lowest BCUT2D eigenvalue weighted by atomic mass is 10.1. The summed E-state index contributed by atoms with van der Waals surface area (Å²) in [6, 6.07) is 11.9. The number of hydrogen-bond acceptors (Lipinski definition) is 6. The number of ether oxygens (including phenoxy) is 2. The molecular formula is C20H24N2O6S. The molecule has 156 valence electrons. The van der Waals surface area contributed by atoms with E-state index in [0.717, 1.165) is 6.42 Å². The Balaban J connectivity index is 1.84. The Kier molecular flexibility index (Phi) is 7.74. The monoisotopic (exact) mass is 420 g/mol. The fourth-order valence-corrected chi connectivity index (χ4v) is 2.95. The second kappa shape index (κ2) is 10.0. The molecule has 0 unspecified atom stereocenters. The molecule has 0 heterocycles. The van der Waals surface area contributed by atoms with Crippen molar-refractivity contribution in [3.63, 3.8) is 0 Å². The van der Waals surface area contributed by atoms with E-state index in [4.69, 9.17) is 14.6 Å². The van der Waals surface area contributed by atoms with E-state index in [2.05, 4.69) is 5.32 Å². The molecule has 0 saturated heterocycles. The Morgan fingerprint density at radius 1 is 1.07 bits per heavy atom. The molecule has 0 aliphatic heterocycles. The van der Waals surface area contributed by atoms with Gasteiger partial charge in [-0.1, -0.05) is 19.1 Å². The van der Waals surface area contributed by atoms with Gasteiger partial charge in [0.05, 0.1) is 23.1 Å². The van der Waals surface area contributed by atoms with Crippen LogP contribution in [-0.4, -0.2) is 33.5 Å². The van der Waals surface area contributed by atoms with Crippen LogP contribution in [0.3, 0.4) is 0 Å². The third-order valence-corrected chi connectivity index (χ3v) is 4.91. The molecule has 0 spiro atoms. The van der Waals surface area contributed by atoms with Gasteiger partial charge in [-0.25, -0.2) is 18.4 Å². The molecule has 0 bridgehead atoms. The number of amides is 1. The van der Waals surface area contributed by atoms with E-state index in [1.165, 1.54) is 12.1 Å². The minimum Gasteiger partial charge on any atom is -0.494 e. The number of nitrogens with two attached hydrogens (primary N) is 1. The third-order valence-electron chi connectivity index (χ3n) is 3.98. The first-order valence-electron chi connectivity index (χ1n) is 9.03. The van der Waals surface area contributed by atoms with E-state index in [0.29, 0.717) is 23.5 Å². The summed E-state index contributed by atoms with van der Waals surface area (Å²) in [5, 5.41) is 7.73. The summed E-state index contributed by atoms with van der Waals surface area (Å²) in [7, 11) is -3.77. The molecule has 0 aliphatic carbocycles. The Morgan fingerprint density at radius 3 is 2.24 bits per heavy atom. The number of carbonyl (C=O) groups excluding carboxylic acids is 2. The molecule has 0 aliphatic rings. The molecule has 3 N–H and O–H groups in total. The second-order valence-corrected chi connectivity index (χ2v) is 7.91. The standard InChI is InChI=1S/C20H24N2O6S/c1-3-12-27-17-8-4-16(5-9-17)20(24)28-13-19(23)22-14(2)15-6-10-18(11-7-15)29(21,25)26/h4-11,14H,3,12-13H2,1-2H3,(H,22,23)(H2,21,25,26)/t14-/m0/s1. The highest BCUT2D eigenvalue weighted by molar-refractivity contribution is 7.89.